The highest BCUT2D eigenvalue weighted by molar-refractivity contribution is 5.66. The maximum Gasteiger partial charge on any atom is 0.362 e. The van der Waals surface area contributed by atoms with Gasteiger partial charge < -0.3 is 14.9 Å². The van der Waals surface area contributed by atoms with Gasteiger partial charge in [0.2, 0.25) is 0 Å². The van der Waals surface area contributed by atoms with Gasteiger partial charge in [0.05, 0.1) is 23.7 Å². The van der Waals surface area contributed by atoms with E-state index in [-0.39, 0.29) is 5.92 Å². The minimum atomic E-state index is -4.00. The largest absolute Gasteiger partial charge is 0.387 e. The molecule has 48 heavy (non-hydrogen) atoms. The van der Waals surface area contributed by atoms with Crippen LogP contribution in [0.2, 0.25) is 0 Å². The van der Waals surface area contributed by atoms with E-state index in [1.54, 1.807) is 6.20 Å². The third kappa shape index (κ3) is 5.91. The minimum absolute atomic E-state index is 0.0837. The van der Waals surface area contributed by atoms with Gasteiger partial charge in [0.15, 0.2) is 5.54 Å². The van der Waals surface area contributed by atoms with E-state index in [4.69, 9.17) is 0 Å². The van der Waals surface area contributed by atoms with Gasteiger partial charge in [-0.2, -0.15) is 13.5 Å². The zero-order chi connectivity index (χ0) is 34.2. The number of anilines is 2. The van der Waals surface area contributed by atoms with Crippen LogP contribution in [-0.4, -0.2) is 61.5 Å². The number of benzene rings is 2. The Labute approximate surface area is 273 Å². The number of piperazine rings is 1. The van der Waals surface area contributed by atoms with Crippen LogP contribution in [-0.2, 0) is 11.5 Å². The number of H-pyrrole nitrogens is 1. The summed E-state index contributed by atoms with van der Waals surface area (Å²) < 4.78 is 61.6. The van der Waals surface area contributed by atoms with E-state index in [0.29, 0.717) is 22.0 Å². The Morgan fingerprint density at radius 3 is 2.02 bits per heavy atom. The molecule has 1 fully saturated rings. The van der Waals surface area contributed by atoms with Gasteiger partial charge in [-0.1, -0.05) is 38.1 Å². The van der Waals surface area contributed by atoms with Crippen molar-refractivity contribution in [3.05, 3.63) is 118 Å². The lowest BCUT2D eigenvalue weighted by Crippen LogP contribution is -2.52. The van der Waals surface area contributed by atoms with Gasteiger partial charge in [0.25, 0.3) is 0 Å². The van der Waals surface area contributed by atoms with E-state index in [2.05, 4.69) is 30.2 Å². The zero-order valence-electron chi connectivity index (χ0n) is 26.5. The van der Waals surface area contributed by atoms with Crippen molar-refractivity contribution in [1.29, 1.82) is 0 Å². The number of halogens is 4. The van der Waals surface area contributed by atoms with Crippen molar-refractivity contribution in [2.45, 2.75) is 38.3 Å². The number of alkyl halides is 2. The number of rotatable bonds is 9. The maximum atomic E-state index is 16.3. The van der Waals surface area contributed by atoms with Crippen LogP contribution in [0.1, 0.15) is 43.8 Å². The predicted molar refractivity (Wildman–Crippen MR) is 172 cm³/mol. The fourth-order valence-electron chi connectivity index (χ4n) is 5.98. The Morgan fingerprint density at radius 2 is 1.48 bits per heavy atom. The Kier molecular flexibility index (Phi) is 8.77. The summed E-state index contributed by atoms with van der Waals surface area (Å²) in [5.41, 5.74) is -1.27. The molecule has 3 aromatic heterocycles. The average Bonchev–Trinajstić information content (AvgIpc) is 3.54. The molecule has 1 aliphatic heterocycles. The van der Waals surface area contributed by atoms with Crippen LogP contribution in [0.4, 0.5) is 28.9 Å². The predicted octanol–water partition coefficient (Wildman–Crippen LogP) is 5.27. The molecule has 1 saturated heterocycles. The second-order valence-electron chi connectivity index (χ2n) is 12.3. The summed E-state index contributed by atoms with van der Waals surface area (Å²) in [4.78, 5) is 25.4. The molecule has 0 amide bonds. The van der Waals surface area contributed by atoms with Crippen LogP contribution in [0.15, 0.2) is 83.9 Å². The smallest absolute Gasteiger partial charge is 0.362 e. The fraction of sp³-hybridized carbons (Fsp3) is 0.324. The Balaban J connectivity index is 1.17. The van der Waals surface area contributed by atoms with Crippen LogP contribution in [0.5, 0.6) is 0 Å². The lowest BCUT2D eigenvalue weighted by molar-refractivity contribution is -0.104. The zero-order valence-corrected chi connectivity index (χ0v) is 26.5. The highest BCUT2D eigenvalue weighted by Crippen LogP contribution is 2.47. The molecule has 10 nitrogen and oxygen atoms in total. The molecular weight excluding hydrogens is 628 g/mol. The summed E-state index contributed by atoms with van der Waals surface area (Å²) in [7, 11) is 0. The normalized spacial score (nSPS) is 15.9. The van der Waals surface area contributed by atoms with Crippen molar-refractivity contribution in [3.8, 4) is 11.1 Å². The molecule has 6 rings (SSSR count). The third-order valence-corrected chi connectivity index (χ3v) is 8.96. The van der Waals surface area contributed by atoms with Crippen LogP contribution in [0, 0.1) is 17.6 Å². The second kappa shape index (κ2) is 12.8. The van der Waals surface area contributed by atoms with Crippen molar-refractivity contribution in [2.24, 2.45) is 5.92 Å². The number of aromatic amines is 1. The van der Waals surface area contributed by atoms with Gasteiger partial charge in [0, 0.05) is 55.3 Å². The van der Waals surface area contributed by atoms with E-state index in [1.807, 2.05) is 55.3 Å². The standard InChI is InChI=1S/C34H34F4N8O2/c1-21(2)31(47)29-12-10-26(20-39-29)45-16-14-44(15-17-45)25-8-4-22(5-9-25)23-6-13-30(40-19-23)34(37,38)33(3,46-32(48)41-42-43-46)27-11-7-24(35)18-28(27)36/h4-13,18-21,31,47H,14-17H2,1-3H3,(H,41,43,48)/t31?,33-/m1/s1. The number of nitrogens with zero attached hydrogens (tertiary/aromatic N) is 7. The van der Waals surface area contributed by atoms with E-state index < -0.39 is 46.1 Å². The summed E-state index contributed by atoms with van der Waals surface area (Å²) >= 11 is 0. The SMILES string of the molecule is CC(C)C(O)c1ccc(N2CCN(c3ccc(-c4ccc(C(F)(F)[C@@](C)(c5ccc(F)cc5F)n5nn[nH]c5=O)nc4)cc3)CC2)cn1. The monoisotopic (exact) mass is 662 g/mol. The first-order valence-corrected chi connectivity index (χ1v) is 15.4. The summed E-state index contributed by atoms with van der Waals surface area (Å²) in [6.07, 6.45) is 2.49. The lowest BCUT2D eigenvalue weighted by Gasteiger charge is -2.37. The van der Waals surface area contributed by atoms with Gasteiger partial charge >= 0.3 is 11.6 Å². The number of hydrogen-bond acceptors (Lipinski definition) is 8. The van der Waals surface area contributed by atoms with Gasteiger partial charge in [-0.15, -0.1) is 0 Å². The third-order valence-electron chi connectivity index (χ3n) is 8.96. The number of hydrogen-bond donors (Lipinski definition) is 2. The van der Waals surface area contributed by atoms with Crippen LogP contribution in [0.25, 0.3) is 11.1 Å². The fourth-order valence-corrected chi connectivity index (χ4v) is 5.98. The highest BCUT2D eigenvalue weighted by atomic mass is 19.3. The van der Waals surface area contributed by atoms with Crippen molar-refractivity contribution in [3.63, 3.8) is 0 Å². The summed E-state index contributed by atoms with van der Waals surface area (Å²) in [6, 6.07) is 16.3. The lowest BCUT2D eigenvalue weighted by atomic mass is 9.83. The van der Waals surface area contributed by atoms with Crippen molar-refractivity contribution < 1.29 is 22.7 Å². The number of aliphatic hydroxyl groups is 1. The van der Waals surface area contributed by atoms with Gasteiger partial charge in [-0.3, -0.25) is 9.97 Å². The molecule has 4 heterocycles. The topological polar surface area (TPSA) is 116 Å². The van der Waals surface area contributed by atoms with Crippen LogP contribution < -0.4 is 15.5 Å². The molecule has 0 aliphatic carbocycles. The van der Waals surface area contributed by atoms with Gasteiger partial charge in [0.1, 0.15) is 17.3 Å². The number of aromatic nitrogens is 6. The first-order chi connectivity index (χ1) is 22.9. The molecule has 14 heteroatoms. The van der Waals surface area contributed by atoms with E-state index >= 15 is 8.78 Å². The van der Waals surface area contributed by atoms with E-state index in [1.165, 1.54) is 12.3 Å². The number of pyridine rings is 2. The maximum absolute atomic E-state index is 16.3. The van der Waals surface area contributed by atoms with Crippen LogP contribution in [0.3, 0.4) is 0 Å². The molecule has 2 N–H and O–H groups in total. The van der Waals surface area contributed by atoms with Crippen molar-refractivity contribution >= 4 is 11.4 Å². The molecule has 0 spiro atoms. The molecule has 0 radical (unpaired) electrons. The molecule has 0 saturated carbocycles. The number of aliphatic hydroxyl groups excluding tert-OH is 1. The number of nitrogens with one attached hydrogen (secondary N) is 1. The van der Waals surface area contributed by atoms with Crippen molar-refractivity contribution in [1.82, 2.24) is 30.2 Å². The van der Waals surface area contributed by atoms with Crippen LogP contribution >= 0.6 is 0 Å². The minimum Gasteiger partial charge on any atom is -0.387 e. The summed E-state index contributed by atoms with van der Waals surface area (Å²) in [5, 5.41) is 19.0. The molecule has 5 aromatic rings. The number of tetrazole rings is 1. The molecule has 250 valence electrons. The first-order valence-electron chi connectivity index (χ1n) is 15.4. The molecule has 0 bridgehead atoms. The van der Waals surface area contributed by atoms with E-state index in [9.17, 15) is 18.7 Å². The Morgan fingerprint density at radius 1 is 0.833 bits per heavy atom. The summed E-state index contributed by atoms with van der Waals surface area (Å²) in [5.74, 6) is -6.16. The summed E-state index contributed by atoms with van der Waals surface area (Å²) in [6.45, 7) is 7.96. The molecule has 2 aromatic carbocycles. The van der Waals surface area contributed by atoms with Crippen molar-refractivity contribution in [2.75, 3.05) is 36.0 Å². The van der Waals surface area contributed by atoms with Gasteiger partial charge in [-0.25, -0.2) is 18.7 Å². The molecule has 2 atom stereocenters. The molecule has 1 aliphatic rings. The first kappa shape index (κ1) is 32.8. The molecular formula is C34H34F4N8O2. The second-order valence-corrected chi connectivity index (χ2v) is 12.3. The van der Waals surface area contributed by atoms with Gasteiger partial charge in [-0.05, 0) is 65.2 Å². The average molecular weight is 663 g/mol. The highest BCUT2D eigenvalue weighted by Gasteiger charge is 2.58. The molecule has 1 unspecified atom stereocenters. The Bertz CT molecular complexity index is 1920. The van der Waals surface area contributed by atoms with E-state index in [0.717, 1.165) is 68.2 Å². The Hall–Kier alpha value is -5.11. The quantitative estimate of drug-likeness (QED) is 0.205.